The molecular weight excluding hydrogens is 740 g/mol. The molecule has 6 nitrogen and oxygen atoms in total. The number of pyridine rings is 1. The summed E-state index contributed by atoms with van der Waals surface area (Å²) in [6.07, 6.45) is 1.75. The van der Waals surface area contributed by atoms with Crippen molar-refractivity contribution in [1.82, 2.24) is 19.3 Å². The Kier molecular flexibility index (Phi) is 8.11. The summed E-state index contributed by atoms with van der Waals surface area (Å²) in [7, 11) is 1.66. The van der Waals surface area contributed by atoms with E-state index in [0.717, 1.165) is 56.0 Å². The van der Waals surface area contributed by atoms with Crippen LogP contribution in [0.15, 0.2) is 85.1 Å². The molecule has 0 aliphatic heterocycles. The summed E-state index contributed by atoms with van der Waals surface area (Å²) in [6, 6.07) is 33.3. The molecule has 0 amide bonds. The van der Waals surface area contributed by atoms with E-state index in [1.54, 1.807) is 13.3 Å². The fourth-order valence-electron chi connectivity index (χ4n) is 6.37. The largest absolute Gasteiger partial charge is 2.00 e. The van der Waals surface area contributed by atoms with Crippen LogP contribution in [-0.2, 0) is 21.1 Å². The molecule has 0 spiro atoms. The van der Waals surface area contributed by atoms with Gasteiger partial charge in [-0.1, -0.05) is 41.4 Å². The van der Waals surface area contributed by atoms with Gasteiger partial charge in [0.2, 0.25) is 0 Å². The van der Waals surface area contributed by atoms with E-state index in [0.29, 0.717) is 11.5 Å². The molecule has 0 unspecified atom stereocenters. The third kappa shape index (κ3) is 5.34. The first-order valence-electron chi connectivity index (χ1n) is 14.6. The number of methoxy groups -OCH3 is 1. The predicted molar refractivity (Wildman–Crippen MR) is 176 cm³/mol. The van der Waals surface area contributed by atoms with Gasteiger partial charge in [-0.25, -0.2) is 4.98 Å². The number of hydrogen-bond acceptors (Lipinski definition) is 4. The Balaban J connectivity index is 0.00000357. The van der Waals surface area contributed by atoms with Gasteiger partial charge in [-0.05, 0) is 74.5 Å². The van der Waals surface area contributed by atoms with Crippen LogP contribution < -0.4 is 9.47 Å². The second-order valence-electron chi connectivity index (χ2n) is 11.2. The number of hydrogen-bond donors (Lipinski definition) is 0. The molecule has 4 aromatic carbocycles. The minimum atomic E-state index is 0. The first-order valence-corrected chi connectivity index (χ1v) is 14.6. The van der Waals surface area contributed by atoms with Gasteiger partial charge in [0.25, 0.3) is 0 Å². The van der Waals surface area contributed by atoms with E-state index >= 15 is 0 Å². The minimum Gasteiger partial charge on any atom is -0.509 e. The van der Waals surface area contributed by atoms with Crippen LogP contribution in [-0.4, -0.2) is 26.4 Å². The second-order valence-corrected chi connectivity index (χ2v) is 11.2. The molecule has 226 valence electrons. The van der Waals surface area contributed by atoms with Crippen molar-refractivity contribution in [2.75, 3.05) is 7.11 Å². The normalized spacial score (nSPS) is 11.2. The number of aromatic nitrogens is 4. The Morgan fingerprint density at radius 2 is 1.49 bits per heavy atom. The van der Waals surface area contributed by atoms with E-state index in [9.17, 15) is 0 Å². The van der Waals surface area contributed by atoms with E-state index in [-0.39, 0.29) is 21.1 Å². The third-order valence-corrected chi connectivity index (χ3v) is 8.16. The zero-order chi connectivity index (χ0) is 30.5. The summed E-state index contributed by atoms with van der Waals surface area (Å²) in [4.78, 5) is 4.65. The van der Waals surface area contributed by atoms with Crippen LogP contribution in [0.25, 0.3) is 44.4 Å². The standard InChI is InChI=1S/C38H32N4O2.Pt/c1-23-18-24(2)37(25(3)19-23)38-26(4)40-42(27(38)5)28-10-9-11-30(20-28)44-31-14-15-33-32-12-7-8-13-34(32)41(35(33)21-31)36-22-29(43-6)16-17-39-36;/h7-19,22H,1-6H3;/q-2;+2. The molecule has 0 aliphatic rings. The molecule has 3 heterocycles. The molecule has 0 N–H and O–H groups in total. The van der Waals surface area contributed by atoms with Crippen LogP contribution in [0.5, 0.6) is 17.2 Å². The van der Waals surface area contributed by atoms with Gasteiger partial charge in [0.05, 0.1) is 12.8 Å². The van der Waals surface area contributed by atoms with Gasteiger partial charge in [-0.2, -0.15) is 17.2 Å². The minimum absolute atomic E-state index is 0. The molecule has 0 radical (unpaired) electrons. The number of nitrogens with zero attached hydrogens (tertiary/aromatic N) is 4. The van der Waals surface area contributed by atoms with E-state index in [2.05, 4.69) is 86.6 Å². The van der Waals surface area contributed by atoms with Crippen molar-refractivity contribution >= 4 is 21.8 Å². The van der Waals surface area contributed by atoms with E-state index < -0.39 is 0 Å². The van der Waals surface area contributed by atoms with E-state index in [1.807, 2.05) is 53.2 Å². The molecule has 0 aliphatic carbocycles. The maximum absolute atomic E-state index is 6.38. The number of aryl methyl sites for hydroxylation is 4. The number of ether oxygens (including phenoxy) is 2. The maximum atomic E-state index is 6.38. The quantitative estimate of drug-likeness (QED) is 0.159. The van der Waals surface area contributed by atoms with Crippen molar-refractivity contribution in [1.29, 1.82) is 0 Å². The maximum Gasteiger partial charge on any atom is 2.00 e. The Labute approximate surface area is 277 Å². The number of rotatable bonds is 6. The van der Waals surface area contributed by atoms with Crippen LogP contribution >= 0.6 is 0 Å². The second kappa shape index (κ2) is 12.0. The summed E-state index contributed by atoms with van der Waals surface area (Å²) in [5, 5.41) is 7.11. The molecule has 0 saturated carbocycles. The monoisotopic (exact) mass is 771 g/mol. The summed E-state index contributed by atoms with van der Waals surface area (Å²) in [6.45, 7) is 10.7. The van der Waals surface area contributed by atoms with Crippen LogP contribution in [0.4, 0.5) is 0 Å². The summed E-state index contributed by atoms with van der Waals surface area (Å²) >= 11 is 0. The van der Waals surface area contributed by atoms with Gasteiger partial charge in [-0.15, -0.1) is 35.7 Å². The summed E-state index contributed by atoms with van der Waals surface area (Å²) in [5.74, 6) is 2.64. The first-order chi connectivity index (χ1) is 21.3. The predicted octanol–water partition coefficient (Wildman–Crippen LogP) is 8.97. The molecule has 3 aromatic heterocycles. The van der Waals surface area contributed by atoms with Gasteiger partial charge < -0.3 is 14.0 Å². The molecule has 45 heavy (non-hydrogen) atoms. The summed E-state index contributed by atoms with van der Waals surface area (Å²) in [5.41, 5.74) is 10.9. The summed E-state index contributed by atoms with van der Waals surface area (Å²) < 4.78 is 15.9. The molecule has 0 saturated heterocycles. The molecule has 0 bridgehead atoms. The fraction of sp³-hybridized carbons (Fsp3) is 0.158. The SMILES string of the molecule is COc1ccnc(-n2c3[c-]c(Oc4[c-]c(-n5nc(C)c(-c6c(C)cc(C)cc6C)c5C)ccc4)ccc3c3ccccc32)c1.[Pt+2]. The van der Waals surface area contributed by atoms with Crippen LogP contribution in [0.1, 0.15) is 28.1 Å². The van der Waals surface area contributed by atoms with Gasteiger partial charge in [0.1, 0.15) is 11.6 Å². The molecule has 0 atom stereocenters. The smallest absolute Gasteiger partial charge is 0.509 e. The van der Waals surface area contributed by atoms with Crippen molar-refractivity contribution in [2.24, 2.45) is 0 Å². The van der Waals surface area contributed by atoms with Crippen molar-refractivity contribution < 1.29 is 30.5 Å². The Morgan fingerprint density at radius 3 is 2.27 bits per heavy atom. The molecular formula is C38H32N4O2Pt. The zero-order valence-corrected chi connectivity index (χ0v) is 28.3. The van der Waals surface area contributed by atoms with E-state index in [4.69, 9.17) is 14.6 Å². The number of para-hydroxylation sites is 1. The number of fused-ring (bicyclic) bond motifs is 3. The van der Waals surface area contributed by atoms with Gasteiger partial charge >= 0.3 is 21.1 Å². The molecule has 0 fully saturated rings. The van der Waals surface area contributed by atoms with Gasteiger partial charge in [0, 0.05) is 40.5 Å². The van der Waals surface area contributed by atoms with Crippen molar-refractivity contribution in [2.45, 2.75) is 34.6 Å². The van der Waals surface area contributed by atoms with Crippen LogP contribution in [0.2, 0.25) is 0 Å². The average molecular weight is 772 g/mol. The Bertz CT molecular complexity index is 2190. The topological polar surface area (TPSA) is 54.1 Å². The number of benzene rings is 4. The average Bonchev–Trinajstić information content (AvgIpc) is 3.50. The molecule has 7 aromatic rings. The van der Waals surface area contributed by atoms with Gasteiger partial charge in [-0.3, -0.25) is 4.68 Å². The molecule has 7 rings (SSSR count). The third-order valence-electron chi connectivity index (χ3n) is 8.16. The van der Waals surface area contributed by atoms with Crippen molar-refractivity contribution in [3.8, 4) is 39.9 Å². The first kappa shape index (κ1) is 30.4. The van der Waals surface area contributed by atoms with Gasteiger partial charge in [0.15, 0.2) is 0 Å². The van der Waals surface area contributed by atoms with Crippen molar-refractivity contribution in [3.63, 3.8) is 0 Å². The van der Waals surface area contributed by atoms with Crippen molar-refractivity contribution in [3.05, 3.63) is 125 Å². The zero-order valence-electron chi connectivity index (χ0n) is 26.0. The van der Waals surface area contributed by atoms with Crippen LogP contribution in [0, 0.1) is 46.8 Å². The Morgan fingerprint density at radius 1 is 0.733 bits per heavy atom. The molecule has 7 heteroatoms. The Hall–Kier alpha value is -4.67. The van der Waals surface area contributed by atoms with E-state index in [1.165, 1.54) is 22.3 Å². The fourth-order valence-corrected chi connectivity index (χ4v) is 6.37. The van der Waals surface area contributed by atoms with Crippen LogP contribution in [0.3, 0.4) is 0 Å².